The van der Waals surface area contributed by atoms with E-state index in [9.17, 15) is 0 Å². The minimum Gasteiger partial charge on any atom is -0.147 e. The van der Waals surface area contributed by atoms with Gasteiger partial charge in [-0.1, -0.05) is 0 Å². The van der Waals surface area contributed by atoms with Crippen molar-refractivity contribution in [2.24, 2.45) is 0 Å². The van der Waals surface area contributed by atoms with E-state index in [0.29, 0.717) is 0 Å². The minimum atomic E-state index is -1.37. The summed E-state index contributed by atoms with van der Waals surface area (Å²) in [5.41, 5.74) is 4.90. The molecule has 0 radical (unpaired) electrons. The molecule has 0 heterocycles. The van der Waals surface area contributed by atoms with Gasteiger partial charge in [0.05, 0.1) is 0 Å². The Kier molecular flexibility index (Phi) is 13.6. The normalized spacial score (nSPS) is 29.7. The molecule has 0 N–H and O–H groups in total. The predicted octanol–water partition coefficient (Wildman–Crippen LogP) is 12.8. The van der Waals surface area contributed by atoms with Crippen molar-refractivity contribution in [3.63, 3.8) is 0 Å². The number of halogens is 1. The van der Waals surface area contributed by atoms with Crippen LogP contribution in [0.5, 0.6) is 0 Å². The molecule has 0 aliphatic heterocycles. The summed E-state index contributed by atoms with van der Waals surface area (Å²) in [6, 6.07) is 0. The first-order valence-electron chi connectivity index (χ1n) is 18.9. The van der Waals surface area contributed by atoms with E-state index >= 15 is 0 Å². The van der Waals surface area contributed by atoms with Crippen LogP contribution in [-0.2, 0) is 17.0 Å². The molecule has 6 rings (SSSR count). The second kappa shape index (κ2) is 16.4. The maximum absolute atomic E-state index is 1.71. The smallest absolute Gasteiger partial charge is 0.147 e. The second-order valence-electron chi connectivity index (χ2n) is 15.6. The van der Waals surface area contributed by atoms with E-state index in [2.05, 4.69) is 0 Å². The molecule has 4 heteroatoms. The first kappa shape index (κ1) is 33.2. The molecule has 6 aliphatic rings. The third-order valence-electron chi connectivity index (χ3n) is 13.5. The molecule has 0 aromatic heterocycles. The molecular formula is C36H69ClP2Pd. The van der Waals surface area contributed by atoms with Crippen LogP contribution >= 0.6 is 23.3 Å². The molecule has 0 amide bonds. The van der Waals surface area contributed by atoms with Crippen molar-refractivity contribution >= 4 is 23.3 Å². The van der Waals surface area contributed by atoms with E-state index in [4.69, 9.17) is 0 Å². The number of hydrogen-bond acceptors (Lipinski definition) is 0. The molecule has 40 heavy (non-hydrogen) atoms. The largest absolute Gasteiger partial charge is 0.147 e. The molecule has 0 aromatic carbocycles. The maximum Gasteiger partial charge on any atom is -0.147 e. The van der Waals surface area contributed by atoms with Crippen molar-refractivity contribution in [1.82, 2.24) is 0 Å². The summed E-state index contributed by atoms with van der Waals surface area (Å²) in [6.45, 7) is 0. The van der Waals surface area contributed by atoms with Crippen LogP contribution in [0.25, 0.3) is 0 Å². The molecule has 0 aromatic rings. The van der Waals surface area contributed by atoms with Gasteiger partial charge in [0.15, 0.2) is 0 Å². The molecule has 0 spiro atoms. The summed E-state index contributed by atoms with van der Waals surface area (Å²) in [7, 11) is 0. The van der Waals surface area contributed by atoms with Crippen molar-refractivity contribution in [3.8, 4) is 0 Å². The van der Waals surface area contributed by atoms with Crippen LogP contribution in [0.1, 0.15) is 193 Å². The van der Waals surface area contributed by atoms with Crippen LogP contribution in [0.2, 0.25) is 0 Å². The topological polar surface area (TPSA) is 0 Å². The molecule has 6 fully saturated rings. The quantitative estimate of drug-likeness (QED) is 0.174. The van der Waals surface area contributed by atoms with Gasteiger partial charge in [0.25, 0.3) is 0 Å². The van der Waals surface area contributed by atoms with E-state index in [1.165, 1.54) is 50.9 Å². The Labute approximate surface area is 265 Å². The standard InChI is InChI=1S/2C18H33P.ClH.Pd/c2*1-4-10-16(11-5-1)19(17-12-6-2-7-13-17)18-14-8-3-9-15-18;;/h2*16-18H,1-15H2;1H;/q;;;-2/p+2. The van der Waals surface area contributed by atoms with Crippen LogP contribution in [0, 0.1) is 0 Å². The zero-order valence-corrected chi connectivity index (χ0v) is 30.8. The number of rotatable bonds is 8. The monoisotopic (exact) mass is 704 g/mol. The summed E-state index contributed by atoms with van der Waals surface area (Å²) < 4.78 is 0. The molecule has 0 saturated heterocycles. The van der Waals surface area contributed by atoms with E-state index in [-0.39, 0.29) is 12.4 Å². The first-order chi connectivity index (χ1) is 19.3. The Bertz CT molecular complexity index is 557. The summed E-state index contributed by atoms with van der Waals surface area (Å²) in [5, 5.41) is 0. The Hall–Kier alpha value is 1.81. The molecule has 0 unspecified atom stereocenters. The SMILES string of the molecule is C1CCC([PH]([Pd][PH](C2CCCCC2)(C2CCCCC2)C2CCCCC2)(C2CCCCC2)C2CCCCC2)CC1.Cl. The Morgan fingerprint density at radius 3 is 0.550 bits per heavy atom. The Morgan fingerprint density at radius 1 is 0.250 bits per heavy atom. The summed E-state index contributed by atoms with van der Waals surface area (Å²) in [5.74, 6) is 0. The van der Waals surface area contributed by atoms with Gasteiger partial charge in [-0.15, -0.1) is 12.4 Å². The summed E-state index contributed by atoms with van der Waals surface area (Å²) in [6.07, 6.45) is 49.5. The molecule has 240 valence electrons. The Morgan fingerprint density at radius 2 is 0.400 bits per heavy atom. The number of hydrogen-bond donors (Lipinski definition) is 0. The van der Waals surface area contributed by atoms with Crippen LogP contribution in [-0.4, -0.2) is 34.0 Å². The fourth-order valence-corrected chi connectivity index (χ4v) is 64.0. The third-order valence-corrected chi connectivity index (χ3v) is 49.9. The third kappa shape index (κ3) is 7.11. The summed E-state index contributed by atoms with van der Waals surface area (Å²) >= 11 is 1.30. The Balaban J connectivity index is 0.00000323. The molecule has 0 bridgehead atoms. The fourth-order valence-electron chi connectivity index (χ4n) is 11.8. The van der Waals surface area contributed by atoms with Crippen LogP contribution < -0.4 is 0 Å². The van der Waals surface area contributed by atoms with Crippen molar-refractivity contribution in [1.29, 1.82) is 0 Å². The van der Waals surface area contributed by atoms with Crippen LogP contribution in [0.4, 0.5) is 0 Å². The fraction of sp³-hybridized carbons (Fsp3) is 1.00. The van der Waals surface area contributed by atoms with Crippen molar-refractivity contribution in [2.75, 3.05) is 0 Å². The van der Waals surface area contributed by atoms with Crippen LogP contribution in [0.3, 0.4) is 0 Å². The molecular weight excluding hydrogens is 636 g/mol. The maximum atomic E-state index is 1.71. The zero-order valence-electron chi connectivity index (χ0n) is 26.4. The molecule has 0 nitrogen and oxygen atoms in total. The van der Waals surface area contributed by atoms with E-state index in [0.717, 1.165) is 0 Å². The van der Waals surface area contributed by atoms with Gasteiger partial charge < -0.3 is 0 Å². The van der Waals surface area contributed by atoms with E-state index < -0.39 is 10.9 Å². The van der Waals surface area contributed by atoms with Crippen molar-refractivity contribution in [2.45, 2.75) is 227 Å². The van der Waals surface area contributed by atoms with E-state index in [1.807, 2.05) is 0 Å². The average molecular weight is 706 g/mol. The molecule has 6 aliphatic carbocycles. The van der Waals surface area contributed by atoms with Gasteiger partial charge in [-0.3, -0.25) is 0 Å². The zero-order chi connectivity index (χ0) is 26.4. The average Bonchev–Trinajstić information content (AvgIpc) is 3.04. The van der Waals surface area contributed by atoms with Crippen LogP contribution in [0.15, 0.2) is 0 Å². The van der Waals surface area contributed by atoms with Gasteiger partial charge >= 0.3 is 254 Å². The molecule has 6 saturated carbocycles. The van der Waals surface area contributed by atoms with Gasteiger partial charge in [-0.2, -0.15) is 0 Å². The van der Waals surface area contributed by atoms with E-state index in [1.54, 1.807) is 193 Å². The van der Waals surface area contributed by atoms with Crippen molar-refractivity contribution < 1.29 is 17.0 Å². The van der Waals surface area contributed by atoms with Gasteiger partial charge in [-0.25, -0.2) is 0 Å². The van der Waals surface area contributed by atoms with Crippen molar-refractivity contribution in [3.05, 3.63) is 0 Å². The minimum absolute atomic E-state index is 0. The molecule has 0 atom stereocenters. The second-order valence-corrected chi connectivity index (χ2v) is 35.8. The van der Waals surface area contributed by atoms with Gasteiger partial charge in [0, 0.05) is 0 Å². The first-order valence-corrected chi connectivity index (χ1v) is 27.7. The van der Waals surface area contributed by atoms with Gasteiger partial charge in [0.2, 0.25) is 0 Å². The predicted molar refractivity (Wildman–Crippen MR) is 185 cm³/mol. The van der Waals surface area contributed by atoms with Gasteiger partial charge in [-0.05, 0) is 0 Å². The summed E-state index contributed by atoms with van der Waals surface area (Å²) in [4.78, 5) is 0. The van der Waals surface area contributed by atoms with Gasteiger partial charge in [0.1, 0.15) is 0 Å².